The number of nitrogens with zero attached hydrogens (tertiary/aromatic N) is 2. The molecule has 94 valence electrons. The molecule has 0 fully saturated rings. The van der Waals surface area contributed by atoms with E-state index in [0.29, 0.717) is 16.4 Å². The highest BCUT2D eigenvalue weighted by Crippen LogP contribution is 2.23. The summed E-state index contributed by atoms with van der Waals surface area (Å²) in [4.78, 5) is 8.26. The molecular weight excluding hydrogens is 253 g/mol. The van der Waals surface area contributed by atoms with E-state index in [-0.39, 0.29) is 12.2 Å². The second-order valence-corrected chi connectivity index (χ2v) is 4.54. The Morgan fingerprint density at radius 3 is 2.61 bits per heavy atom. The maximum Gasteiger partial charge on any atom is 0.145 e. The molecule has 1 aromatic heterocycles. The van der Waals surface area contributed by atoms with Crippen molar-refractivity contribution < 1.29 is 4.39 Å². The molecule has 1 atom stereocenters. The zero-order chi connectivity index (χ0) is 13.1. The highest BCUT2D eigenvalue weighted by atomic mass is 35.5. The second kappa shape index (κ2) is 5.42. The Morgan fingerprint density at radius 1 is 1.33 bits per heavy atom. The van der Waals surface area contributed by atoms with Crippen molar-refractivity contribution in [1.82, 2.24) is 9.97 Å². The van der Waals surface area contributed by atoms with Crippen molar-refractivity contribution in [3.8, 4) is 0 Å². The molecule has 5 heteroatoms. The summed E-state index contributed by atoms with van der Waals surface area (Å²) in [6, 6.07) is 4.10. The third-order valence-electron chi connectivity index (χ3n) is 2.62. The Morgan fingerprint density at radius 2 is 2.00 bits per heavy atom. The van der Waals surface area contributed by atoms with Gasteiger partial charge in [-0.25, -0.2) is 14.4 Å². The second-order valence-electron chi connectivity index (χ2n) is 4.13. The molecule has 0 aliphatic heterocycles. The third kappa shape index (κ3) is 2.83. The molecule has 0 saturated heterocycles. The van der Waals surface area contributed by atoms with E-state index in [1.807, 2.05) is 6.92 Å². The summed E-state index contributed by atoms with van der Waals surface area (Å²) in [5.74, 6) is 0.130. The molecule has 1 aromatic carbocycles. The number of nitrogens with two attached hydrogens (primary N) is 1. The van der Waals surface area contributed by atoms with Gasteiger partial charge >= 0.3 is 0 Å². The molecular formula is C13H13ClFN3. The van der Waals surface area contributed by atoms with E-state index in [9.17, 15) is 4.39 Å². The van der Waals surface area contributed by atoms with Crippen LogP contribution in [0.5, 0.6) is 0 Å². The molecule has 0 saturated carbocycles. The van der Waals surface area contributed by atoms with Crippen molar-refractivity contribution in [3.63, 3.8) is 0 Å². The fourth-order valence-corrected chi connectivity index (χ4v) is 1.87. The summed E-state index contributed by atoms with van der Waals surface area (Å²) < 4.78 is 13.6. The molecule has 2 rings (SSSR count). The molecule has 0 spiro atoms. The van der Waals surface area contributed by atoms with Crippen molar-refractivity contribution in [2.75, 3.05) is 0 Å². The SMILES string of the molecule is Cc1cnc(C(N)Cc2c(F)cccc2Cl)nc1. The van der Waals surface area contributed by atoms with E-state index in [0.717, 1.165) is 5.56 Å². The molecule has 3 nitrogen and oxygen atoms in total. The van der Waals surface area contributed by atoms with E-state index in [4.69, 9.17) is 17.3 Å². The summed E-state index contributed by atoms with van der Waals surface area (Å²) in [5, 5.41) is 0.373. The Labute approximate surface area is 110 Å². The lowest BCUT2D eigenvalue weighted by molar-refractivity contribution is 0.584. The zero-order valence-electron chi connectivity index (χ0n) is 9.90. The topological polar surface area (TPSA) is 51.8 Å². The zero-order valence-corrected chi connectivity index (χ0v) is 10.7. The van der Waals surface area contributed by atoms with Crippen LogP contribution >= 0.6 is 11.6 Å². The first kappa shape index (κ1) is 12.9. The number of hydrogen-bond donors (Lipinski definition) is 1. The molecule has 1 unspecified atom stereocenters. The number of benzene rings is 1. The van der Waals surface area contributed by atoms with Gasteiger partial charge in [-0.05, 0) is 31.0 Å². The van der Waals surface area contributed by atoms with Gasteiger partial charge in [0.15, 0.2) is 0 Å². The molecule has 1 heterocycles. The highest BCUT2D eigenvalue weighted by molar-refractivity contribution is 6.31. The van der Waals surface area contributed by atoms with Gasteiger partial charge in [-0.15, -0.1) is 0 Å². The first-order chi connectivity index (χ1) is 8.58. The van der Waals surface area contributed by atoms with Crippen molar-refractivity contribution in [3.05, 3.63) is 58.4 Å². The van der Waals surface area contributed by atoms with Crippen LogP contribution in [0.4, 0.5) is 4.39 Å². The van der Waals surface area contributed by atoms with Crippen LogP contribution in [0.3, 0.4) is 0 Å². The first-order valence-corrected chi connectivity index (χ1v) is 5.92. The van der Waals surface area contributed by atoms with Crippen LogP contribution in [0.25, 0.3) is 0 Å². The normalized spacial score (nSPS) is 12.4. The van der Waals surface area contributed by atoms with Crippen LogP contribution < -0.4 is 5.73 Å². The summed E-state index contributed by atoms with van der Waals surface area (Å²) in [6.07, 6.45) is 3.64. The van der Waals surface area contributed by atoms with Gasteiger partial charge in [0, 0.05) is 23.0 Å². The molecule has 0 amide bonds. The smallest absolute Gasteiger partial charge is 0.145 e. The van der Waals surface area contributed by atoms with E-state index < -0.39 is 6.04 Å². The minimum absolute atomic E-state index is 0.272. The molecule has 0 bridgehead atoms. The number of hydrogen-bond acceptors (Lipinski definition) is 3. The minimum Gasteiger partial charge on any atom is -0.321 e. The van der Waals surface area contributed by atoms with Gasteiger partial charge in [0.05, 0.1) is 6.04 Å². The Balaban J connectivity index is 2.21. The Bertz CT molecular complexity index is 522. The summed E-state index contributed by atoms with van der Waals surface area (Å²) in [6.45, 7) is 1.89. The standard InChI is InChI=1S/C13H13ClFN3/c1-8-6-17-13(18-7-8)12(16)5-9-10(14)3-2-4-11(9)15/h2-4,6-7,12H,5,16H2,1H3. The van der Waals surface area contributed by atoms with E-state index in [1.54, 1.807) is 24.5 Å². The maximum atomic E-state index is 13.6. The minimum atomic E-state index is -0.472. The third-order valence-corrected chi connectivity index (χ3v) is 2.97. The van der Waals surface area contributed by atoms with Crippen molar-refractivity contribution in [2.45, 2.75) is 19.4 Å². The first-order valence-electron chi connectivity index (χ1n) is 5.55. The lowest BCUT2D eigenvalue weighted by Crippen LogP contribution is -2.17. The van der Waals surface area contributed by atoms with Gasteiger partial charge in [0.2, 0.25) is 0 Å². The van der Waals surface area contributed by atoms with Crippen LogP contribution in [-0.2, 0) is 6.42 Å². The summed E-state index contributed by atoms with van der Waals surface area (Å²) >= 11 is 5.95. The average molecular weight is 266 g/mol. The van der Waals surface area contributed by atoms with Crippen molar-refractivity contribution >= 4 is 11.6 Å². The van der Waals surface area contributed by atoms with Crippen molar-refractivity contribution in [2.24, 2.45) is 5.73 Å². The van der Waals surface area contributed by atoms with Crippen LogP contribution in [0.1, 0.15) is 23.0 Å². The fraction of sp³-hybridized carbons (Fsp3) is 0.231. The number of aryl methyl sites for hydroxylation is 1. The van der Waals surface area contributed by atoms with Gasteiger partial charge in [-0.1, -0.05) is 17.7 Å². The summed E-state index contributed by atoms with van der Waals surface area (Å²) in [7, 11) is 0. The quantitative estimate of drug-likeness (QED) is 0.928. The number of halogens is 2. The predicted octanol–water partition coefficient (Wildman–Crippen LogP) is 2.82. The predicted molar refractivity (Wildman–Crippen MR) is 68.8 cm³/mol. The van der Waals surface area contributed by atoms with Gasteiger partial charge < -0.3 is 5.73 Å². The van der Waals surface area contributed by atoms with E-state index >= 15 is 0 Å². The van der Waals surface area contributed by atoms with Gasteiger partial charge in [0.1, 0.15) is 11.6 Å². The lowest BCUT2D eigenvalue weighted by Gasteiger charge is -2.12. The molecule has 2 aromatic rings. The van der Waals surface area contributed by atoms with E-state index in [2.05, 4.69) is 9.97 Å². The number of aromatic nitrogens is 2. The van der Waals surface area contributed by atoms with Crippen LogP contribution in [0, 0.1) is 12.7 Å². The molecule has 0 aliphatic carbocycles. The van der Waals surface area contributed by atoms with Crippen molar-refractivity contribution in [1.29, 1.82) is 0 Å². The monoisotopic (exact) mass is 265 g/mol. The highest BCUT2D eigenvalue weighted by Gasteiger charge is 2.15. The van der Waals surface area contributed by atoms with Gasteiger partial charge in [-0.2, -0.15) is 0 Å². The molecule has 0 radical (unpaired) electrons. The summed E-state index contributed by atoms with van der Waals surface area (Å²) in [5.41, 5.74) is 7.32. The Hall–Kier alpha value is -1.52. The van der Waals surface area contributed by atoms with Gasteiger partial charge in [0.25, 0.3) is 0 Å². The largest absolute Gasteiger partial charge is 0.321 e. The van der Waals surface area contributed by atoms with Gasteiger partial charge in [-0.3, -0.25) is 0 Å². The van der Waals surface area contributed by atoms with Crippen LogP contribution in [-0.4, -0.2) is 9.97 Å². The average Bonchev–Trinajstić information content (AvgIpc) is 2.34. The molecule has 2 N–H and O–H groups in total. The van der Waals surface area contributed by atoms with Crippen LogP contribution in [0.2, 0.25) is 5.02 Å². The number of rotatable bonds is 3. The molecule has 18 heavy (non-hydrogen) atoms. The van der Waals surface area contributed by atoms with Crippen LogP contribution in [0.15, 0.2) is 30.6 Å². The van der Waals surface area contributed by atoms with E-state index in [1.165, 1.54) is 6.07 Å². The lowest BCUT2D eigenvalue weighted by atomic mass is 10.1. The maximum absolute atomic E-state index is 13.6. The Kier molecular flexibility index (Phi) is 3.89. The molecule has 0 aliphatic rings. The fourth-order valence-electron chi connectivity index (χ4n) is 1.63.